The predicted octanol–water partition coefficient (Wildman–Crippen LogP) is 3.98. The lowest BCUT2D eigenvalue weighted by Gasteiger charge is -2.10. The van der Waals surface area contributed by atoms with Crippen LogP contribution in [0.5, 0.6) is 0 Å². The van der Waals surface area contributed by atoms with E-state index in [1.807, 2.05) is 0 Å². The van der Waals surface area contributed by atoms with Gasteiger partial charge in [-0.2, -0.15) is 0 Å². The molecule has 0 saturated heterocycles. The normalized spacial score (nSPS) is 11.8. The van der Waals surface area contributed by atoms with Gasteiger partial charge in [-0.15, -0.1) is 12.4 Å². The summed E-state index contributed by atoms with van der Waals surface area (Å²) in [6.45, 7) is 2.24. The molecule has 3 heteroatoms. The van der Waals surface area contributed by atoms with E-state index in [9.17, 15) is 0 Å². The molecule has 0 spiro atoms. The number of hydrogen-bond donors (Lipinski definition) is 2. The van der Waals surface area contributed by atoms with Crippen LogP contribution in [0.1, 0.15) is 30.9 Å². The summed E-state index contributed by atoms with van der Waals surface area (Å²) in [5.74, 6) is 0. The van der Waals surface area contributed by atoms with Crippen LogP contribution < -0.4 is 5.73 Å². The number of rotatable bonds is 7. The van der Waals surface area contributed by atoms with Crippen molar-refractivity contribution in [3.05, 3.63) is 59.7 Å². The van der Waals surface area contributed by atoms with Gasteiger partial charge in [0.25, 0.3) is 0 Å². The van der Waals surface area contributed by atoms with E-state index in [1.165, 1.54) is 35.1 Å². The molecule has 22 heavy (non-hydrogen) atoms. The Bertz CT molecular complexity index is 554. The summed E-state index contributed by atoms with van der Waals surface area (Å²) in [4.78, 5) is 0. The van der Waals surface area contributed by atoms with Crippen LogP contribution in [0, 0.1) is 0 Å². The zero-order valence-electron chi connectivity index (χ0n) is 13.2. The Labute approximate surface area is 139 Å². The Morgan fingerprint density at radius 3 is 2.36 bits per heavy atom. The van der Waals surface area contributed by atoms with Crippen LogP contribution in [0.25, 0.3) is 11.1 Å². The van der Waals surface area contributed by atoms with E-state index < -0.39 is 0 Å². The van der Waals surface area contributed by atoms with E-state index in [0.717, 1.165) is 6.42 Å². The number of unbranched alkanes of at least 4 members (excludes halogenated alkanes) is 1. The van der Waals surface area contributed by atoms with Gasteiger partial charge in [0.15, 0.2) is 0 Å². The van der Waals surface area contributed by atoms with Crippen LogP contribution in [0.3, 0.4) is 0 Å². The summed E-state index contributed by atoms with van der Waals surface area (Å²) in [6.07, 6.45) is 4.34. The van der Waals surface area contributed by atoms with Gasteiger partial charge in [-0.05, 0) is 41.5 Å². The number of aliphatic hydroxyl groups excluding tert-OH is 1. The molecule has 2 rings (SSSR count). The second-order valence-corrected chi connectivity index (χ2v) is 5.65. The maximum atomic E-state index is 9.06. The van der Waals surface area contributed by atoms with Crippen LogP contribution in [0.2, 0.25) is 0 Å². The molecule has 3 N–H and O–H groups in total. The highest BCUT2D eigenvalue weighted by atomic mass is 35.5. The number of hydrogen-bond acceptors (Lipinski definition) is 2. The maximum Gasteiger partial charge on any atom is 0.0585 e. The minimum Gasteiger partial charge on any atom is -0.395 e. The molecule has 0 aliphatic heterocycles. The highest BCUT2D eigenvalue weighted by Crippen LogP contribution is 2.22. The van der Waals surface area contributed by atoms with Crippen molar-refractivity contribution in [2.45, 2.75) is 38.6 Å². The fraction of sp³-hybridized carbons (Fsp3) is 0.368. The molecular weight excluding hydrogens is 294 g/mol. The van der Waals surface area contributed by atoms with Crippen molar-refractivity contribution >= 4 is 12.4 Å². The zero-order chi connectivity index (χ0) is 15.1. The van der Waals surface area contributed by atoms with Crippen LogP contribution in [0.4, 0.5) is 0 Å². The largest absolute Gasteiger partial charge is 0.395 e. The number of aliphatic hydroxyl groups is 1. The van der Waals surface area contributed by atoms with Crippen molar-refractivity contribution in [1.29, 1.82) is 0 Å². The lowest BCUT2D eigenvalue weighted by atomic mass is 9.98. The Balaban J connectivity index is 0.00000242. The van der Waals surface area contributed by atoms with Gasteiger partial charge in [0.1, 0.15) is 0 Å². The lowest BCUT2D eigenvalue weighted by molar-refractivity contribution is 0.265. The van der Waals surface area contributed by atoms with Crippen molar-refractivity contribution in [2.24, 2.45) is 5.73 Å². The van der Waals surface area contributed by atoms with Crippen molar-refractivity contribution < 1.29 is 5.11 Å². The van der Waals surface area contributed by atoms with E-state index in [0.29, 0.717) is 6.42 Å². The van der Waals surface area contributed by atoms with E-state index >= 15 is 0 Å². The molecule has 0 fully saturated rings. The second-order valence-electron chi connectivity index (χ2n) is 5.65. The number of benzene rings is 2. The highest BCUT2D eigenvalue weighted by Gasteiger charge is 2.04. The van der Waals surface area contributed by atoms with Crippen LogP contribution in [0.15, 0.2) is 48.5 Å². The van der Waals surface area contributed by atoms with Gasteiger partial charge in [0, 0.05) is 6.04 Å². The number of halogens is 1. The third-order valence-corrected chi connectivity index (χ3v) is 3.77. The molecule has 0 heterocycles. The van der Waals surface area contributed by atoms with Crippen molar-refractivity contribution in [3.63, 3.8) is 0 Å². The Kier molecular flexibility index (Phi) is 8.18. The first kappa shape index (κ1) is 18.7. The Hall–Kier alpha value is -1.35. The fourth-order valence-corrected chi connectivity index (χ4v) is 2.49. The SMILES string of the molecule is CCCCc1ccc(-c2cccc(CC(N)CO)c2)cc1.Cl. The molecule has 0 radical (unpaired) electrons. The van der Waals surface area contributed by atoms with Crippen LogP contribution in [-0.4, -0.2) is 17.8 Å². The average Bonchev–Trinajstić information content (AvgIpc) is 2.53. The molecule has 1 atom stereocenters. The quantitative estimate of drug-likeness (QED) is 0.811. The predicted molar refractivity (Wildman–Crippen MR) is 96.5 cm³/mol. The lowest BCUT2D eigenvalue weighted by Crippen LogP contribution is -2.26. The van der Waals surface area contributed by atoms with Crippen LogP contribution in [-0.2, 0) is 12.8 Å². The van der Waals surface area contributed by atoms with E-state index in [1.54, 1.807) is 0 Å². The maximum absolute atomic E-state index is 9.06. The van der Waals surface area contributed by atoms with E-state index in [4.69, 9.17) is 10.8 Å². The molecule has 0 amide bonds. The number of aryl methyl sites for hydroxylation is 1. The molecule has 1 unspecified atom stereocenters. The standard InChI is InChI=1S/C19H25NO.ClH/c1-2-3-5-15-8-10-17(11-9-15)18-7-4-6-16(12-18)13-19(20)14-21;/h4,6-12,19,21H,2-3,5,13-14,20H2,1H3;1H. The smallest absolute Gasteiger partial charge is 0.0585 e. The molecule has 0 aromatic heterocycles. The summed E-state index contributed by atoms with van der Waals surface area (Å²) in [7, 11) is 0. The monoisotopic (exact) mass is 319 g/mol. The molecule has 2 aromatic carbocycles. The molecule has 2 nitrogen and oxygen atoms in total. The molecule has 0 aliphatic rings. The van der Waals surface area contributed by atoms with Crippen molar-refractivity contribution in [3.8, 4) is 11.1 Å². The zero-order valence-corrected chi connectivity index (χ0v) is 14.0. The molecular formula is C19H26ClNO. The fourth-order valence-electron chi connectivity index (χ4n) is 2.49. The van der Waals surface area contributed by atoms with Gasteiger partial charge in [-0.3, -0.25) is 0 Å². The third kappa shape index (κ3) is 5.45. The second kappa shape index (κ2) is 9.62. The topological polar surface area (TPSA) is 46.2 Å². The molecule has 0 bridgehead atoms. The minimum atomic E-state index is -0.184. The summed E-state index contributed by atoms with van der Waals surface area (Å²) < 4.78 is 0. The van der Waals surface area contributed by atoms with E-state index in [2.05, 4.69) is 55.5 Å². The first-order valence-corrected chi connectivity index (χ1v) is 7.77. The average molecular weight is 320 g/mol. The summed E-state index contributed by atoms with van der Waals surface area (Å²) in [6, 6.07) is 17.0. The third-order valence-electron chi connectivity index (χ3n) is 3.77. The summed E-state index contributed by atoms with van der Waals surface area (Å²) in [5.41, 5.74) is 10.8. The summed E-state index contributed by atoms with van der Waals surface area (Å²) in [5, 5.41) is 9.06. The Morgan fingerprint density at radius 2 is 1.73 bits per heavy atom. The van der Waals surface area contributed by atoms with Gasteiger partial charge in [-0.1, -0.05) is 61.9 Å². The minimum absolute atomic E-state index is 0. The van der Waals surface area contributed by atoms with Gasteiger partial charge in [0.05, 0.1) is 6.61 Å². The van der Waals surface area contributed by atoms with Crippen LogP contribution >= 0.6 is 12.4 Å². The first-order chi connectivity index (χ1) is 10.2. The van der Waals surface area contributed by atoms with Gasteiger partial charge < -0.3 is 10.8 Å². The summed E-state index contributed by atoms with van der Waals surface area (Å²) >= 11 is 0. The van der Waals surface area contributed by atoms with Gasteiger partial charge >= 0.3 is 0 Å². The van der Waals surface area contributed by atoms with E-state index in [-0.39, 0.29) is 25.1 Å². The van der Waals surface area contributed by atoms with Gasteiger partial charge in [-0.25, -0.2) is 0 Å². The number of nitrogens with two attached hydrogens (primary N) is 1. The molecule has 0 saturated carbocycles. The van der Waals surface area contributed by atoms with Gasteiger partial charge in [0.2, 0.25) is 0 Å². The molecule has 120 valence electrons. The van der Waals surface area contributed by atoms with Crippen molar-refractivity contribution in [2.75, 3.05) is 6.61 Å². The highest BCUT2D eigenvalue weighted by molar-refractivity contribution is 5.85. The Morgan fingerprint density at radius 1 is 1.00 bits per heavy atom. The molecule has 2 aromatic rings. The first-order valence-electron chi connectivity index (χ1n) is 7.77. The molecule has 0 aliphatic carbocycles. The van der Waals surface area contributed by atoms with Crippen molar-refractivity contribution in [1.82, 2.24) is 0 Å².